The lowest BCUT2D eigenvalue weighted by molar-refractivity contribution is 0.0694. The molecule has 1 aliphatic rings. The Morgan fingerprint density at radius 3 is 2.67 bits per heavy atom. The molecule has 18 heavy (non-hydrogen) atoms. The van der Waals surface area contributed by atoms with Gasteiger partial charge in [-0.1, -0.05) is 0 Å². The van der Waals surface area contributed by atoms with Crippen molar-refractivity contribution >= 4 is 33.4 Å². The Kier molecular flexibility index (Phi) is 3.28. The molecule has 1 unspecified atom stereocenters. The zero-order valence-corrected chi connectivity index (χ0v) is 11.3. The number of hydrogen-bond donors (Lipinski definition) is 2. The number of anilines is 1. The highest BCUT2D eigenvalue weighted by molar-refractivity contribution is 7.98. The second kappa shape index (κ2) is 4.47. The number of hydrogen-bond acceptors (Lipinski definition) is 6. The molecule has 2 heterocycles. The van der Waals surface area contributed by atoms with Crippen molar-refractivity contribution in [3.63, 3.8) is 0 Å². The number of rotatable bonds is 3. The maximum absolute atomic E-state index is 11.4. The van der Waals surface area contributed by atoms with Crippen molar-refractivity contribution in [2.45, 2.75) is 17.5 Å². The van der Waals surface area contributed by atoms with Crippen LogP contribution in [-0.2, 0) is 9.84 Å². The summed E-state index contributed by atoms with van der Waals surface area (Å²) in [6.07, 6.45) is 2.12. The predicted octanol–water partition coefficient (Wildman–Crippen LogP) is 0.245. The van der Waals surface area contributed by atoms with Crippen LogP contribution in [-0.4, -0.2) is 47.0 Å². The van der Waals surface area contributed by atoms with Crippen LogP contribution in [0.3, 0.4) is 0 Å². The Bertz CT molecular complexity index is 593. The van der Waals surface area contributed by atoms with Crippen LogP contribution in [0.25, 0.3) is 0 Å². The van der Waals surface area contributed by atoms with Gasteiger partial charge < -0.3 is 10.8 Å². The molecule has 1 fully saturated rings. The van der Waals surface area contributed by atoms with E-state index >= 15 is 0 Å². The Balaban J connectivity index is 2.44. The second-order valence-electron chi connectivity index (χ2n) is 4.08. The first-order valence-electron chi connectivity index (χ1n) is 5.21. The average Bonchev–Trinajstić information content (AvgIpc) is 2.78. The standard InChI is InChI=1S/C9H13N3O4S2/c1-17-8-6(9(13)14)7(10)12(11-8)5-2-3-18(15,16)4-5/h5H,2-4,10H2,1H3,(H,13,14). The summed E-state index contributed by atoms with van der Waals surface area (Å²) in [5, 5.41) is 13.5. The molecule has 9 heteroatoms. The van der Waals surface area contributed by atoms with Crippen LogP contribution in [0.5, 0.6) is 0 Å². The lowest BCUT2D eigenvalue weighted by atomic mass is 10.2. The summed E-state index contributed by atoms with van der Waals surface area (Å²) >= 11 is 1.18. The topological polar surface area (TPSA) is 115 Å². The minimum absolute atomic E-state index is 0.0222. The highest BCUT2D eigenvalue weighted by Crippen LogP contribution is 2.31. The van der Waals surface area contributed by atoms with Crippen molar-refractivity contribution < 1.29 is 18.3 Å². The van der Waals surface area contributed by atoms with Crippen molar-refractivity contribution in [2.24, 2.45) is 0 Å². The van der Waals surface area contributed by atoms with Crippen LogP contribution in [0.15, 0.2) is 5.03 Å². The molecule has 1 aliphatic heterocycles. The Hall–Kier alpha value is -1.22. The van der Waals surface area contributed by atoms with Gasteiger partial charge in [0.05, 0.1) is 17.5 Å². The minimum atomic E-state index is -3.06. The van der Waals surface area contributed by atoms with E-state index in [1.54, 1.807) is 6.26 Å². The van der Waals surface area contributed by atoms with Gasteiger partial charge in [0.1, 0.15) is 16.4 Å². The zero-order valence-electron chi connectivity index (χ0n) is 9.66. The maximum Gasteiger partial charge on any atom is 0.342 e. The van der Waals surface area contributed by atoms with Crippen molar-refractivity contribution in [1.82, 2.24) is 9.78 Å². The summed E-state index contributed by atoms with van der Waals surface area (Å²) in [6, 6.07) is -0.367. The number of aromatic carboxylic acids is 1. The summed E-state index contributed by atoms with van der Waals surface area (Å²) in [4.78, 5) is 11.1. The van der Waals surface area contributed by atoms with Gasteiger partial charge in [0.15, 0.2) is 9.84 Å². The summed E-state index contributed by atoms with van der Waals surface area (Å²) < 4.78 is 24.2. The van der Waals surface area contributed by atoms with E-state index in [2.05, 4.69) is 5.10 Å². The van der Waals surface area contributed by atoms with E-state index in [4.69, 9.17) is 10.8 Å². The number of nitrogens with two attached hydrogens (primary N) is 1. The van der Waals surface area contributed by atoms with Gasteiger partial charge in [-0.15, -0.1) is 11.8 Å². The molecule has 0 bridgehead atoms. The smallest absolute Gasteiger partial charge is 0.342 e. The first kappa shape index (κ1) is 13.2. The first-order chi connectivity index (χ1) is 8.35. The molecule has 0 saturated carbocycles. The summed E-state index contributed by atoms with van der Waals surface area (Å²) in [5.74, 6) is -1.07. The molecule has 100 valence electrons. The van der Waals surface area contributed by atoms with Crippen LogP contribution >= 0.6 is 11.8 Å². The molecule has 0 amide bonds. The van der Waals surface area contributed by atoms with Crippen LogP contribution < -0.4 is 5.73 Å². The number of carboxylic acid groups (broad SMARTS) is 1. The lowest BCUT2D eigenvalue weighted by Crippen LogP contribution is -2.15. The van der Waals surface area contributed by atoms with E-state index in [9.17, 15) is 13.2 Å². The monoisotopic (exact) mass is 291 g/mol. The van der Waals surface area contributed by atoms with Crippen LogP contribution in [0.1, 0.15) is 22.8 Å². The molecule has 0 radical (unpaired) electrons. The highest BCUT2D eigenvalue weighted by Gasteiger charge is 2.33. The van der Waals surface area contributed by atoms with Gasteiger partial charge in [-0.2, -0.15) is 5.10 Å². The highest BCUT2D eigenvalue weighted by atomic mass is 32.2. The Labute approximate surface area is 108 Å². The molecule has 0 aromatic carbocycles. The quantitative estimate of drug-likeness (QED) is 0.767. The van der Waals surface area contributed by atoms with E-state index < -0.39 is 15.8 Å². The number of carbonyl (C=O) groups is 1. The third-order valence-corrected chi connectivity index (χ3v) is 5.30. The molecule has 1 atom stereocenters. The van der Waals surface area contributed by atoms with Gasteiger partial charge in [0.2, 0.25) is 0 Å². The third kappa shape index (κ3) is 2.19. The maximum atomic E-state index is 11.4. The van der Waals surface area contributed by atoms with Gasteiger partial charge in [0.25, 0.3) is 0 Å². The molecule has 1 aromatic rings. The van der Waals surface area contributed by atoms with Gasteiger partial charge in [-0.3, -0.25) is 0 Å². The molecule has 3 N–H and O–H groups in total. The van der Waals surface area contributed by atoms with Gasteiger partial charge >= 0.3 is 5.97 Å². The number of nitrogen functional groups attached to an aromatic ring is 1. The first-order valence-corrected chi connectivity index (χ1v) is 8.26. The molecule has 0 aliphatic carbocycles. The van der Waals surface area contributed by atoms with E-state index in [1.165, 1.54) is 16.4 Å². The van der Waals surface area contributed by atoms with Gasteiger partial charge in [0, 0.05) is 0 Å². The largest absolute Gasteiger partial charge is 0.477 e. The van der Waals surface area contributed by atoms with Crippen molar-refractivity contribution in [3.05, 3.63) is 5.56 Å². The SMILES string of the molecule is CSc1nn(C2CCS(=O)(=O)C2)c(N)c1C(=O)O. The van der Waals surface area contributed by atoms with Crippen LogP contribution in [0.4, 0.5) is 5.82 Å². The normalized spacial score (nSPS) is 22.2. The van der Waals surface area contributed by atoms with Crippen LogP contribution in [0, 0.1) is 0 Å². The fourth-order valence-corrected chi connectivity index (χ4v) is 4.27. The van der Waals surface area contributed by atoms with E-state index in [1.807, 2.05) is 0 Å². The van der Waals surface area contributed by atoms with E-state index in [-0.39, 0.29) is 28.9 Å². The fourth-order valence-electron chi connectivity index (χ4n) is 2.02. The number of aromatic nitrogens is 2. The van der Waals surface area contributed by atoms with Gasteiger partial charge in [-0.25, -0.2) is 17.9 Å². The zero-order chi connectivity index (χ0) is 13.5. The van der Waals surface area contributed by atoms with Crippen LogP contribution in [0.2, 0.25) is 0 Å². The fraction of sp³-hybridized carbons (Fsp3) is 0.556. The number of carboxylic acids is 1. The summed E-state index contributed by atoms with van der Waals surface area (Å²) in [5.41, 5.74) is 5.71. The summed E-state index contributed by atoms with van der Waals surface area (Å²) in [7, 11) is -3.06. The minimum Gasteiger partial charge on any atom is -0.477 e. The third-order valence-electron chi connectivity index (χ3n) is 2.88. The number of sulfone groups is 1. The van der Waals surface area contributed by atoms with Crippen molar-refractivity contribution in [1.29, 1.82) is 0 Å². The predicted molar refractivity (Wildman–Crippen MR) is 67.7 cm³/mol. The molecule has 0 spiro atoms. The van der Waals surface area contributed by atoms with E-state index in [0.717, 1.165) is 0 Å². The molecule has 7 nitrogen and oxygen atoms in total. The Morgan fingerprint density at radius 1 is 1.61 bits per heavy atom. The van der Waals surface area contributed by atoms with Crippen molar-refractivity contribution in [2.75, 3.05) is 23.5 Å². The molecule has 1 aromatic heterocycles. The van der Waals surface area contributed by atoms with Crippen molar-refractivity contribution in [3.8, 4) is 0 Å². The van der Waals surface area contributed by atoms with E-state index in [0.29, 0.717) is 11.4 Å². The number of thioether (sulfide) groups is 1. The molecular weight excluding hydrogens is 278 g/mol. The molecular formula is C9H13N3O4S2. The van der Waals surface area contributed by atoms with Gasteiger partial charge in [-0.05, 0) is 12.7 Å². The second-order valence-corrected chi connectivity index (χ2v) is 7.10. The average molecular weight is 291 g/mol. The summed E-state index contributed by atoms with van der Waals surface area (Å²) in [6.45, 7) is 0. The lowest BCUT2D eigenvalue weighted by Gasteiger charge is -2.10. The molecule has 2 rings (SSSR count). The molecule has 1 saturated heterocycles. The number of nitrogens with zero attached hydrogens (tertiary/aromatic N) is 2. The Morgan fingerprint density at radius 2 is 2.28 bits per heavy atom.